The predicted molar refractivity (Wildman–Crippen MR) is 73.0 cm³/mol. The first kappa shape index (κ1) is 15.5. The number of rotatable bonds is 5. The van der Waals surface area contributed by atoms with E-state index in [9.17, 15) is 9.90 Å². The first-order valence-corrected chi connectivity index (χ1v) is 6.17. The van der Waals surface area contributed by atoms with Crippen LogP contribution in [-0.4, -0.2) is 58.7 Å². The maximum Gasteiger partial charge on any atom is 0.254 e. The molecule has 0 saturated heterocycles. The number of nitrogens with zero attached hydrogens (tertiary/aromatic N) is 3. The zero-order valence-corrected chi connectivity index (χ0v) is 12.2. The van der Waals surface area contributed by atoms with Crippen molar-refractivity contribution in [3.05, 3.63) is 23.3 Å². The monoisotopic (exact) mass is 266 g/mol. The molecule has 0 aromatic carbocycles. The smallest absolute Gasteiger partial charge is 0.254 e. The van der Waals surface area contributed by atoms with Gasteiger partial charge in [0.05, 0.1) is 16.9 Å². The molecule has 1 atom stereocenters. The van der Waals surface area contributed by atoms with Gasteiger partial charge in [0, 0.05) is 19.3 Å². The lowest BCUT2D eigenvalue weighted by Crippen LogP contribution is -2.47. The highest BCUT2D eigenvalue weighted by molar-refractivity contribution is 5.94. The Labute approximate surface area is 113 Å². The van der Waals surface area contributed by atoms with Crippen LogP contribution in [0.25, 0.3) is 0 Å². The topological polar surface area (TPSA) is 78.3 Å². The lowest BCUT2D eigenvalue weighted by atomic mass is 10.1. The molecule has 1 rings (SSSR count). The summed E-state index contributed by atoms with van der Waals surface area (Å²) in [4.78, 5) is 22.0. The quantitative estimate of drug-likeness (QED) is 0.792. The Bertz CT molecular complexity index is 458. The minimum absolute atomic E-state index is 0.178. The number of hydrogen-bond acceptors (Lipinski definition) is 5. The number of hydrogen-bond donors (Lipinski definition) is 2. The van der Waals surface area contributed by atoms with Crippen molar-refractivity contribution in [2.24, 2.45) is 0 Å². The maximum atomic E-state index is 12.0. The largest absolute Gasteiger partial charge is 0.387 e. The van der Waals surface area contributed by atoms with Crippen LogP contribution in [0.5, 0.6) is 0 Å². The zero-order valence-electron chi connectivity index (χ0n) is 12.2. The summed E-state index contributed by atoms with van der Waals surface area (Å²) >= 11 is 0. The summed E-state index contributed by atoms with van der Waals surface area (Å²) in [6.07, 6.45) is 1.51. The number of aromatic nitrogens is 2. The van der Waals surface area contributed by atoms with E-state index in [-0.39, 0.29) is 12.5 Å². The number of aliphatic hydroxyl groups is 1. The molecular formula is C13H22N4O2. The van der Waals surface area contributed by atoms with Gasteiger partial charge in [0.2, 0.25) is 0 Å². The summed E-state index contributed by atoms with van der Waals surface area (Å²) < 4.78 is 0. The molecule has 1 heterocycles. The SMILES string of the molecule is Cc1ncc(C(=O)NCC(C)(O)CN(C)C)c(C)n1. The number of carbonyl (C=O) groups excluding carboxylic acids is 1. The average molecular weight is 266 g/mol. The molecule has 1 amide bonds. The van der Waals surface area contributed by atoms with Crippen LogP contribution < -0.4 is 5.32 Å². The molecule has 0 aliphatic rings. The van der Waals surface area contributed by atoms with Gasteiger partial charge in [-0.1, -0.05) is 0 Å². The van der Waals surface area contributed by atoms with E-state index in [1.807, 2.05) is 19.0 Å². The summed E-state index contributed by atoms with van der Waals surface area (Å²) in [5.41, 5.74) is 0.0991. The summed E-state index contributed by atoms with van der Waals surface area (Å²) in [5, 5.41) is 12.8. The Morgan fingerprint density at radius 3 is 2.63 bits per heavy atom. The standard InChI is InChI=1S/C13H22N4O2/c1-9-11(6-14-10(2)16-9)12(18)15-7-13(3,19)8-17(4)5/h6,19H,7-8H2,1-5H3,(H,15,18). The van der Waals surface area contributed by atoms with Gasteiger partial charge in [-0.3, -0.25) is 4.79 Å². The lowest BCUT2D eigenvalue weighted by Gasteiger charge is -2.27. The zero-order chi connectivity index (χ0) is 14.6. The number of aryl methyl sites for hydroxylation is 2. The molecule has 1 aromatic rings. The summed E-state index contributed by atoms with van der Waals surface area (Å²) in [7, 11) is 3.74. The fraction of sp³-hybridized carbons (Fsp3) is 0.615. The third-order valence-corrected chi connectivity index (χ3v) is 2.63. The van der Waals surface area contributed by atoms with Crippen LogP contribution >= 0.6 is 0 Å². The molecule has 0 radical (unpaired) electrons. The van der Waals surface area contributed by atoms with E-state index >= 15 is 0 Å². The summed E-state index contributed by atoms with van der Waals surface area (Å²) in [6.45, 7) is 5.87. The highest BCUT2D eigenvalue weighted by Crippen LogP contribution is 2.06. The molecular weight excluding hydrogens is 244 g/mol. The average Bonchev–Trinajstić information content (AvgIpc) is 2.24. The van der Waals surface area contributed by atoms with Gasteiger partial charge in [0.15, 0.2) is 0 Å². The molecule has 6 heteroatoms. The second kappa shape index (κ2) is 6.08. The first-order chi connectivity index (χ1) is 8.71. The van der Waals surface area contributed by atoms with Gasteiger partial charge in [-0.05, 0) is 34.9 Å². The molecule has 19 heavy (non-hydrogen) atoms. The molecule has 0 saturated carbocycles. The fourth-order valence-electron chi connectivity index (χ4n) is 1.91. The molecule has 2 N–H and O–H groups in total. The molecule has 0 aliphatic heterocycles. The van der Waals surface area contributed by atoms with E-state index in [4.69, 9.17) is 0 Å². The first-order valence-electron chi connectivity index (χ1n) is 6.17. The molecule has 0 fully saturated rings. The maximum absolute atomic E-state index is 12.0. The molecule has 106 valence electrons. The minimum Gasteiger partial charge on any atom is -0.387 e. The van der Waals surface area contributed by atoms with Crippen LogP contribution in [0.15, 0.2) is 6.20 Å². The third-order valence-electron chi connectivity index (χ3n) is 2.63. The Hall–Kier alpha value is -1.53. The van der Waals surface area contributed by atoms with E-state index in [1.54, 1.807) is 20.8 Å². The van der Waals surface area contributed by atoms with Crippen molar-refractivity contribution in [3.63, 3.8) is 0 Å². The van der Waals surface area contributed by atoms with Crippen molar-refractivity contribution in [2.75, 3.05) is 27.2 Å². The summed E-state index contributed by atoms with van der Waals surface area (Å²) in [6, 6.07) is 0. The Morgan fingerprint density at radius 2 is 2.11 bits per heavy atom. The molecule has 0 aliphatic carbocycles. The fourth-order valence-corrected chi connectivity index (χ4v) is 1.91. The van der Waals surface area contributed by atoms with Crippen LogP contribution in [0.1, 0.15) is 28.8 Å². The number of likely N-dealkylation sites (N-methyl/N-ethyl adjacent to an activating group) is 1. The molecule has 0 spiro atoms. The molecule has 6 nitrogen and oxygen atoms in total. The van der Waals surface area contributed by atoms with Crippen molar-refractivity contribution in [2.45, 2.75) is 26.4 Å². The highest BCUT2D eigenvalue weighted by Gasteiger charge is 2.23. The van der Waals surface area contributed by atoms with Crippen LogP contribution in [0.4, 0.5) is 0 Å². The van der Waals surface area contributed by atoms with Gasteiger partial charge < -0.3 is 15.3 Å². The van der Waals surface area contributed by atoms with Gasteiger partial charge in [0.25, 0.3) is 5.91 Å². The van der Waals surface area contributed by atoms with E-state index in [0.29, 0.717) is 23.6 Å². The van der Waals surface area contributed by atoms with Crippen molar-refractivity contribution < 1.29 is 9.90 Å². The summed E-state index contributed by atoms with van der Waals surface area (Å²) in [5.74, 6) is 0.366. The second-order valence-corrected chi connectivity index (χ2v) is 5.33. The Morgan fingerprint density at radius 1 is 1.47 bits per heavy atom. The third kappa shape index (κ3) is 4.92. The Kier molecular flexibility index (Phi) is 4.97. The molecule has 0 bridgehead atoms. The predicted octanol–water partition coefficient (Wildman–Crippen LogP) is 0.136. The van der Waals surface area contributed by atoms with E-state index in [1.165, 1.54) is 6.20 Å². The van der Waals surface area contributed by atoms with Gasteiger partial charge in [-0.25, -0.2) is 9.97 Å². The van der Waals surface area contributed by atoms with Gasteiger partial charge >= 0.3 is 0 Å². The lowest BCUT2D eigenvalue weighted by molar-refractivity contribution is 0.0325. The van der Waals surface area contributed by atoms with Crippen LogP contribution in [0.3, 0.4) is 0 Å². The molecule has 1 aromatic heterocycles. The van der Waals surface area contributed by atoms with Gasteiger partial charge in [0.1, 0.15) is 5.82 Å². The van der Waals surface area contributed by atoms with Gasteiger partial charge in [-0.2, -0.15) is 0 Å². The van der Waals surface area contributed by atoms with Crippen LogP contribution in [0.2, 0.25) is 0 Å². The van der Waals surface area contributed by atoms with E-state index in [2.05, 4.69) is 15.3 Å². The van der Waals surface area contributed by atoms with Crippen molar-refractivity contribution in [3.8, 4) is 0 Å². The van der Waals surface area contributed by atoms with Crippen LogP contribution in [-0.2, 0) is 0 Å². The minimum atomic E-state index is -0.974. The number of amides is 1. The van der Waals surface area contributed by atoms with Crippen molar-refractivity contribution in [1.82, 2.24) is 20.2 Å². The highest BCUT2D eigenvalue weighted by atomic mass is 16.3. The van der Waals surface area contributed by atoms with Gasteiger partial charge in [-0.15, -0.1) is 0 Å². The van der Waals surface area contributed by atoms with Crippen LogP contribution in [0, 0.1) is 13.8 Å². The second-order valence-electron chi connectivity index (χ2n) is 5.33. The molecule has 1 unspecified atom stereocenters. The van der Waals surface area contributed by atoms with E-state index in [0.717, 1.165) is 0 Å². The van der Waals surface area contributed by atoms with Crippen molar-refractivity contribution >= 4 is 5.91 Å². The Balaban J connectivity index is 2.65. The van der Waals surface area contributed by atoms with E-state index < -0.39 is 5.60 Å². The van der Waals surface area contributed by atoms with Crippen molar-refractivity contribution in [1.29, 1.82) is 0 Å². The normalized spacial score (nSPS) is 14.3. The number of nitrogens with one attached hydrogen (secondary N) is 1. The number of carbonyl (C=O) groups is 1.